The summed E-state index contributed by atoms with van der Waals surface area (Å²) < 4.78 is 0. The van der Waals surface area contributed by atoms with Crippen molar-refractivity contribution in [2.24, 2.45) is 0 Å². The van der Waals surface area contributed by atoms with Crippen molar-refractivity contribution in [3.63, 3.8) is 0 Å². The van der Waals surface area contributed by atoms with Crippen LogP contribution in [-0.4, -0.2) is 25.2 Å². The molecule has 1 aliphatic heterocycles. The molecule has 0 bridgehead atoms. The molecule has 0 aromatic rings. The van der Waals surface area contributed by atoms with Gasteiger partial charge in [0.05, 0.1) is 0 Å². The van der Waals surface area contributed by atoms with Gasteiger partial charge >= 0.3 is 0 Å². The van der Waals surface area contributed by atoms with Crippen LogP contribution in [0.5, 0.6) is 0 Å². The third-order valence-corrected chi connectivity index (χ3v) is 2.04. The highest BCUT2D eigenvalue weighted by atomic mass is 15.0. The SMILES string of the molecule is CC1NCCCNC1C. The van der Waals surface area contributed by atoms with Crippen molar-refractivity contribution in [2.75, 3.05) is 13.1 Å². The molecule has 1 fully saturated rings. The van der Waals surface area contributed by atoms with E-state index < -0.39 is 0 Å². The molecule has 0 aromatic heterocycles. The van der Waals surface area contributed by atoms with Crippen LogP contribution in [0.3, 0.4) is 0 Å². The van der Waals surface area contributed by atoms with Crippen LogP contribution >= 0.6 is 0 Å². The molecule has 2 atom stereocenters. The summed E-state index contributed by atoms with van der Waals surface area (Å²) in [6, 6.07) is 1.26. The van der Waals surface area contributed by atoms with Gasteiger partial charge in [0.15, 0.2) is 0 Å². The van der Waals surface area contributed by atoms with Crippen LogP contribution in [0.25, 0.3) is 0 Å². The molecule has 1 saturated heterocycles. The molecule has 2 unspecified atom stereocenters. The highest BCUT2D eigenvalue weighted by Crippen LogP contribution is 1.95. The second kappa shape index (κ2) is 3.18. The molecule has 2 N–H and O–H groups in total. The number of hydrogen-bond acceptors (Lipinski definition) is 2. The second-order valence-electron chi connectivity index (χ2n) is 2.84. The first-order valence-electron chi connectivity index (χ1n) is 3.77. The molecule has 0 aromatic carbocycles. The monoisotopic (exact) mass is 128 g/mol. The topological polar surface area (TPSA) is 24.1 Å². The first-order chi connectivity index (χ1) is 4.30. The summed E-state index contributed by atoms with van der Waals surface area (Å²) in [4.78, 5) is 0. The van der Waals surface area contributed by atoms with E-state index in [1.54, 1.807) is 0 Å². The van der Waals surface area contributed by atoms with Gasteiger partial charge in [0.2, 0.25) is 0 Å². The lowest BCUT2D eigenvalue weighted by atomic mass is 10.2. The van der Waals surface area contributed by atoms with E-state index in [2.05, 4.69) is 24.5 Å². The largest absolute Gasteiger partial charge is 0.313 e. The van der Waals surface area contributed by atoms with Crippen LogP contribution in [-0.2, 0) is 0 Å². The molecule has 0 saturated carbocycles. The molecule has 2 nitrogen and oxygen atoms in total. The van der Waals surface area contributed by atoms with Crippen LogP contribution in [0, 0.1) is 0 Å². The Labute approximate surface area is 57.0 Å². The maximum Gasteiger partial charge on any atom is 0.0190 e. The van der Waals surface area contributed by atoms with Crippen molar-refractivity contribution >= 4 is 0 Å². The second-order valence-corrected chi connectivity index (χ2v) is 2.84. The lowest BCUT2D eigenvalue weighted by molar-refractivity contribution is 0.460. The molecule has 0 amide bonds. The van der Waals surface area contributed by atoms with Crippen molar-refractivity contribution < 1.29 is 0 Å². The fourth-order valence-electron chi connectivity index (χ4n) is 1.10. The summed E-state index contributed by atoms with van der Waals surface area (Å²) in [5.74, 6) is 0. The molecule has 1 aliphatic rings. The van der Waals surface area contributed by atoms with Gasteiger partial charge in [-0.2, -0.15) is 0 Å². The Morgan fingerprint density at radius 2 is 1.44 bits per heavy atom. The Balaban J connectivity index is 2.32. The minimum Gasteiger partial charge on any atom is -0.313 e. The van der Waals surface area contributed by atoms with E-state index in [9.17, 15) is 0 Å². The Morgan fingerprint density at radius 3 is 1.89 bits per heavy atom. The van der Waals surface area contributed by atoms with Gasteiger partial charge < -0.3 is 10.6 Å². The third-order valence-electron chi connectivity index (χ3n) is 2.04. The quantitative estimate of drug-likeness (QED) is 0.492. The molecular weight excluding hydrogens is 112 g/mol. The van der Waals surface area contributed by atoms with Crippen LogP contribution in [0.2, 0.25) is 0 Å². The highest BCUT2D eigenvalue weighted by Gasteiger charge is 2.12. The summed E-state index contributed by atoms with van der Waals surface area (Å²) in [5, 5.41) is 6.86. The Bertz CT molecular complexity index is 73.0. The normalized spacial score (nSPS) is 38.0. The lowest BCUT2D eigenvalue weighted by Gasteiger charge is -2.17. The number of hydrogen-bond donors (Lipinski definition) is 2. The Hall–Kier alpha value is -0.0800. The predicted octanol–water partition coefficient (Wildman–Crippen LogP) is 0.346. The van der Waals surface area contributed by atoms with Gasteiger partial charge in [0, 0.05) is 12.1 Å². The van der Waals surface area contributed by atoms with Crippen molar-refractivity contribution in [3.05, 3.63) is 0 Å². The van der Waals surface area contributed by atoms with Gasteiger partial charge in [-0.25, -0.2) is 0 Å². The number of rotatable bonds is 0. The summed E-state index contributed by atoms with van der Waals surface area (Å²) >= 11 is 0. The van der Waals surface area contributed by atoms with Gasteiger partial charge in [-0.15, -0.1) is 0 Å². The molecule has 0 aliphatic carbocycles. The van der Waals surface area contributed by atoms with Gasteiger partial charge in [0.25, 0.3) is 0 Å². The maximum atomic E-state index is 3.43. The predicted molar refractivity (Wildman–Crippen MR) is 39.5 cm³/mol. The zero-order chi connectivity index (χ0) is 6.69. The van der Waals surface area contributed by atoms with Gasteiger partial charge in [-0.1, -0.05) is 0 Å². The van der Waals surface area contributed by atoms with Crippen molar-refractivity contribution in [1.29, 1.82) is 0 Å². The lowest BCUT2D eigenvalue weighted by Crippen LogP contribution is -2.40. The molecule has 54 valence electrons. The molecule has 1 rings (SSSR count). The first kappa shape index (κ1) is 7.03. The average Bonchev–Trinajstić information content (AvgIpc) is 1.99. The van der Waals surface area contributed by atoms with Crippen LogP contribution in [0.1, 0.15) is 20.3 Å². The van der Waals surface area contributed by atoms with Crippen molar-refractivity contribution in [3.8, 4) is 0 Å². The molecule has 0 spiro atoms. The van der Waals surface area contributed by atoms with E-state index in [1.807, 2.05) is 0 Å². The summed E-state index contributed by atoms with van der Waals surface area (Å²) in [6.45, 7) is 6.78. The zero-order valence-corrected chi connectivity index (χ0v) is 6.28. The van der Waals surface area contributed by atoms with E-state index in [0.29, 0.717) is 12.1 Å². The van der Waals surface area contributed by atoms with E-state index in [0.717, 1.165) is 0 Å². The van der Waals surface area contributed by atoms with E-state index in [4.69, 9.17) is 0 Å². The van der Waals surface area contributed by atoms with E-state index >= 15 is 0 Å². The molecule has 0 radical (unpaired) electrons. The molecular formula is C7H16N2. The van der Waals surface area contributed by atoms with Crippen LogP contribution in [0.15, 0.2) is 0 Å². The van der Waals surface area contributed by atoms with Gasteiger partial charge in [-0.3, -0.25) is 0 Å². The minimum atomic E-state index is 0.632. The standard InChI is InChI=1S/C7H16N2/c1-6-7(2)9-5-3-4-8-6/h6-9H,3-5H2,1-2H3. The first-order valence-corrected chi connectivity index (χ1v) is 3.77. The van der Waals surface area contributed by atoms with E-state index in [-0.39, 0.29) is 0 Å². The minimum absolute atomic E-state index is 0.632. The third kappa shape index (κ3) is 1.95. The average molecular weight is 128 g/mol. The Morgan fingerprint density at radius 1 is 1.00 bits per heavy atom. The van der Waals surface area contributed by atoms with Crippen molar-refractivity contribution in [2.45, 2.75) is 32.4 Å². The summed E-state index contributed by atoms with van der Waals surface area (Å²) in [7, 11) is 0. The molecule has 9 heavy (non-hydrogen) atoms. The summed E-state index contributed by atoms with van der Waals surface area (Å²) in [6.07, 6.45) is 1.26. The zero-order valence-electron chi connectivity index (χ0n) is 6.28. The van der Waals surface area contributed by atoms with Gasteiger partial charge in [0.1, 0.15) is 0 Å². The van der Waals surface area contributed by atoms with Gasteiger partial charge in [-0.05, 0) is 33.4 Å². The number of nitrogens with one attached hydrogen (secondary N) is 2. The van der Waals surface area contributed by atoms with E-state index in [1.165, 1.54) is 19.5 Å². The molecule has 1 heterocycles. The smallest absolute Gasteiger partial charge is 0.0190 e. The van der Waals surface area contributed by atoms with Crippen LogP contribution < -0.4 is 10.6 Å². The fraction of sp³-hybridized carbons (Fsp3) is 1.00. The van der Waals surface area contributed by atoms with Crippen molar-refractivity contribution in [1.82, 2.24) is 10.6 Å². The maximum absolute atomic E-state index is 3.43. The highest BCUT2D eigenvalue weighted by molar-refractivity contribution is 4.77. The summed E-state index contributed by atoms with van der Waals surface area (Å²) in [5.41, 5.74) is 0. The molecule has 2 heteroatoms. The Kier molecular flexibility index (Phi) is 2.49. The fourth-order valence-corrected chi connectivity index (χ4v) is 1.10. The van der Waals surface area contributed by atoms with Crippen LogP contribution in [0.4, 0.5) is 0 Å².